The summed E-state index contributed by atoms with van der Waals surface area (Å²) < 4.78 is 34.3. The average molecular weight is 378 g/mol. The summed E-state index contributed by atoms with van der Waals surface area (Å²) in [5.74, 6) is 2.85. The highest BCUT2D eigenvalue weighted by molar-refractivity contribution is 5.39. The number of benzene rings is 1. The summed E-state index contributed by atoms with van der Waals surface area (Å²) >= 11 is 0. The molecule has 0 saturated heterocycles. The number of hydrogen-bond donors (Lipinski definition) is 0. The molecular weight excluding hydrogens is 348 g/mol. The Kier molecular flexibility index (Phi) is 10.2. The first-order valence-corrected chi connectivity index (χ1v) is 9.47. The molecule has 6 nitrogen and oxygen atoms in total. The largest absolute Gasteiger partial charge is 0.488 e. The van der Waals surface area contributed by atoms with Crippen LogP contribution >= 0.6 is 0 Å². The Morgan fingerprint density at radius 2 is 1.19 bits per heavy atom. The summed E-state index contributed by atoms with van der Waals surface area (Å²) in [5, 5.41) is 0. The predicted octanol–water partition coefficient (Wildman–Crippen LogP) is 3.72. The molecule has 1 aliphatic heterocycles. The molecule has 27 heavy (non-hydrogen) atoms. The number of allylic oxidation sites excluding steroid dienone is 2. The maximum Gasteiger partial charge on any atom is 0.161 e. The summed E-state index contributed by atoms with van der Waals surface area (Å²) in [6.07, 6.45) is 4.76. The maximum absolute atomic E-state index is 5.83. The SMILES string of the molecule is C/C=C1/OCCOCCOc2ccccc2OCCOCCO/C1=C/CC. The number of hydrogen-bond acceptors (Lipinski definition) is 6. The van der Waals surface area contributed by atoms with Crippen LogP contribution in [0.25, 0.3) is 0 Å². The Labute approximate surface area is 161 Å². The van der Waals surface area contributed by atoms with Gasteiger partial charge < -0.3 is 28.4 Å². The minimum Gasteiger partial charge on any atom is -0.488 e. The normalized spacial score (nSPS) is 21.0. The monoisotopic (exact) mass is 378 g/mol. The first-order chi connectivity index (χ1) is 13.3. The lowest BCUT2D eigenvalue weighted by Crippen LogP contribution is -2.15. The number of para-hydroxylation sites is 2. The van der Waals surface area contributed by atoms with Crippen LogP contribution < -0.4 is 9.47 Å². The number of fused-ring (bicyclic) bond motifs is 1. The van der Waals surface area contributed by atoms with E-state index in [9.17, 15) is 0 Å². The van der Waals surface area contributed by atoms with Crippen molar-refractivity contribution < 1.29 is 28.4 Å². The topological polar surface area (TPSA) is 55.4 Å². The summed E-state index contributed by atoms with van der Waals surface area (Å²) in [6, 6.07) is 7.59. The zero-order chi connectivity index (χ0) is 19.2. The minimum atomic E-state index is 0.442. The third-order valence-corrected chi connectivity index (χ3v) is 3.68. The first-order valence-electron chi connectivity index (χ1n) is 9.47. The van der Waals surface area contributed by atoms with Crippen molar-refractivity contribution in [3.63, 3.8) is 0 Å². The van der Waals surface area contributed by atoms with Gasteiger partial charge in [-0.05, 0) is 37.6 Å². The fraction of sp³-hybridized carbons (Fsp3) is 0.524. The van der Waals surface area contributed by atoms with Gasteiger partial charge in [0, 0.05) is 0 Å². The standard InChI is InChI=1S/C21H30O6/c1-3-7-19-18(4-2)24-14-10-22-12-16-26-20-8-5-6-9-21(20)27-17-13-23-11-15-25-19/h4-9H,3,10-17H2,1-2H3/b18-4+,19-7+. The van der Waals surface area contributed by atoms with Gasteiger partial charge in [-0.2, -0.15) is 0 Å². The maximum atomic E-state index is 5.83. The van der Waals surface area contributed by atoms with Gasteiger partial charge in [0.25, 0.3) is 0 Å². The molecule has 150 valence electrons. The molecule has 0 bridgehead atoms. The van der Waals surface area contributed by atoms with Crippen molar-refractivity contribution >= 4 is 0 Å². The van der Waals surface area contributed by atoms with Gasteiger partial charge in [0.05, 0.1) is 26.4 Å². The molecule has 1 heterocycles. The smallest absolute Gasteiger partial charge is 0.161 e. The van der Waals surface area contributed by atoms with Gasteiger partial charge >= 0.3 is 0 Å². The Hall–Kier alpha value is -2.18. The highest BCUT2D eigenvalue weighted by Crippen LogP contribution is 2.26. The van der Waals surface area contributed by atoms with Crippen LogP contribution in [-0.4, -0.2) is 52.9 Å². The van der Waals surface area contributed by atoms with Crippen molar-refractivity contribution in [2.75, 3.05) is 52.9 Å². The lowest BCUT2D eigenvalue weighted by Gasteiger charge is -2.16. The average Bonchev–Trinajstić information content (AvgIpc) is 2.69. The molecule has 1 aromatic carbocycles. The molecule has 6 heteroatoms. The van der Waals surface area contributed by atoms with Crippen molar-refractivity contribution in [2.45, 2.75) is 20.3 Å². The summed E-state index contributed by atoms with van der Waals surface area (Å²) in [7, 11) is 0. The van der Waals surface area contributed by atoms with E-state index in [1.54, 1.807) is 0 Å². The van der Waals surface area contributed by atoms with Crippen molar-refractivity contribution in [3.8, 4) is 11.5 Å². The molecule has 0 N–H and O–H groups in total. The number of ether oxygens (including phenoxy) is 6. The molecule has 0 unspecified atom stereocenters. The van der Waals surface area contributed by atoms with Crippen LogP contribution in [0.5, 0.6) is 11.5 Å². The van der Waals surface area contributed by atoms with E-state index in [1.165, 1.54) is 0 Å². The van der Waals surface area contributed by atoms with E-state index in [2.05, 4.69) is 6.92 Å². The molecule has 0 atom stereocenters. The van der Waals surface area contributed by atoms with E-state index in [1.807, 2.05) is 43.3 Å². The van der Waals surface area contributed by atoms with Crippen molar-refractivity contribution in [3.05, 3.63) is 47.9 Å². The van der Waals surface area contributed by atoms with Crippen LogP contribution in [0.15, 0.2) is 47.9 Å². The van der Waals surface area contributed by atoms with Gasteiger partial charge in [-0.1, -0.05) is 19.1 Å². The Balaban J connectivity index is 1.93. The van der Waals surface area contributed by atoms with Crippen molar-refractivity contribution in [1.82, 2.24) is 0 Å². The van der Waals surface area contributed by atoms with Gasteiger partial charge in [0.1, 0.15) is 26.4 Å². The van der Waals surface area contributed by atoms with Gasteiger partial charge in [0.15, 0.2) is 23.0 Å². The Morgan fingerprint density at radius 3 is 1.67 bits per heavy atom. The second kappa shape index (κ2) is 13.1. The summed E-state index contributed by atoms with van der Waals surface area (Å²) in [4.78, 5) is 0. The summed E-state index contributed by atoms with van der Waals surface area (Å²) in [6.45, 7) is 7.65. The predicted molar refractivity (Wildman–Crippen MR) is 103 cm³/mol. The quantitative estimate of drug-likeness (QED) is 0.742. The van der Waals surface area contributed by atoms with Crippen molar-refractivity contribution in [1.29, 1.82) is 0 Å². The molecule has 0 radical (unpaired) electrons. The van der Waals surface area contributed by atoms with Crippen LogP contribution in [0.1, 0.15) is 20.3 Å². The van der Waals surface area contributed by atoms with E-state index in [0.29, 0.717) is 64.4 Å². The zero-order valence-electron chi connectivity index (χ0n) is 16.3. The molecule has 0 fully saturated rings. The highest BCUT2D eigenvalue weighted by Gasteiger charge is 2.08. The zero-order valence-corrected chi connectivity index (χ0v) is 16.3. The second-order valence-corrected chi connectivity index (χ2v) is 5.69. The van der Waals surface area contributed by atoms with Crippen LogP contribution in [0.4, 0.5) is 0 Å². The number of rotatable bonds is 1. The van der Waals surface area contributed by atoms with E-state index in [0.717, 1.165) is 17.9 Å². The van der Waals surface area contributed by atoms with E-state index < -0.39 is 0 Å². The fourth-order valence-electron chi connectivity index (χ4n) is 2.45. The molecule has 0 saturated carbocycles. The third kappa shape index (κ3) is 7.93. The van der Waals surface area contributed by atoms with E-state index in [-0.39, 0.29) is 0 Å². The minimum absolute atomic E-state index is 0.442. The van der Waals surface area contributed by atoms with Gasteiger partial charge in [-0.15, -0.1) is 0 Å². The molecule has 2 rings (SSSR count). The first kappa shape index (κ1) is 21.1. The van der Waals surface area contributed by atoms with Crippen LogP contribution in [0, 0.1) is 0 Å². The summed E-state index contributed by atoms with van der Waals surface area (Å²) in [5.41, 5.74) is 0. The van der Waals surface area contributed by atoms with Crippen LogP contribution in [0.3, 0.4) is 0 Å². The van der Waals surface area contributed by atoms with Gasteiger partial charge in [0.2, 0.25) is 0 Å². The van der Waals surface area contributed by atoms with E-state index in [4.69, 9.17) is 28.4 Å². The Morgan fingerprint density at radius 1 is 0.704 bits per heavy atom. The molecule has 0 aliphatic carbocycles. The van der Waals surface area contributed by atoms with Gasteiger partial charge in [-0.3, -0.25) is 0 Å². The molecular formula is C21H30O6. The van der Waals surface area contributed by atoms with Gasteiger partial charge in [-0.25, -0.2) is 0 Å². The third-order valence-electron chi connectivity index (χ3n) is 3.68. The Bertz CT molecular complexity index is 596. The molecule has 1 aliphatic rings. The van der Waals surface area contributed by atoms with E-state index >= 15 is 0 Å². The van der Waals surface area contributed by atoms with Crippen molar-refractivity contribution in [2.24, 2.45) is 0 Å². The molecule has 0 spiro atoms. The fourth-order valence-corrected chi connectivity index (χ4v) is 2.45. The molecule has 1 aromatic rings. The van der Waals surface area contributed by atoms with Crippen LogP contribution in [-0.2, 0) is 18.9 Å². The second-order valence-electron chi connectivity index (χ2n) is 5.69. The van der Waals surface area contributed by atoms with Crippen LogP contribution in [0.2, 0.25) is 0 Å². The molecule has 0 aromatic heterocycles. The highest BCUT2D eigenvalue weighted by atomic mass is 16.6. The molecule has 0 amide bonds. The lowest BCUT2D eigenvalue weighted by atomic mass is 10.3. The lowest BCUT2D eigenvalue weighted by molar-refractivity contribution is 0.0370.